The van der Waals surface area contributed by atoms with Gasteiger partial charge in [-0.25, -0.2) is 0 Å². The number of aliphatic hydroxyl groups excluding tert-OH is 1. The average Bonchev–Trinajstić information content (AvgIpc) is 2.32. The highest BCUT2D eigenvalue weighted by Crippen LogP contribution is 2.55. The van der Waals surface area contributed by atoms with E-state index in [9.17, 15) is 5.11 Å². The number of fused-ring (bicyclic) bond motifs is 1. The number of hydrogen-bond acceptors (Lipinski definition) is 3. The van der Waals surface area contributed by atoms with Crippen LogP contribution in [0.4, 0.5) is 0 Å². The van der Waals surface area contributed by atoms with Gasteiger partial charge in [-0.1, -0.05) is 6.92 Å². The van der Waals surface area contributed by atoms with Crippen molar-refractivity contribution in [1.82, 2.24) is 0 Å². The van der Waals surface area contributed by atoms with Crippen molar-refractivity contribution >= 4 is 0 Å². The highest BCUT2D eigenvalue weighted by Gasteiger charge is 2.63. The number of ether oxygens (including phenoxy) is 2. The molecule has 0 aromatic rings. The second-order valence-corrected chi connectivity index (χ2v) is 4.88. The van der Waals surface area contributed by atoms with Crippen LogP contribution in [0.25, 0.3) is 0 Å². The van der Waals surface area contributed by atoms with Gasteiger partial charge < -0.3 is 14.6 Å². The van der Waals surface area contributed by atoms with E-state index >= 15 is 0 Å². The normalized spacial score (nSPS) is 64.4. The SMILES string of the molecule is CC1C2OCC3C1C[C@H](O)C3(C)O2. The van der Waals surface area contributed by atoms with E-state index in [1.165, 1.54) is 0 Å². The molecule has 3 aliphatic heterocycles. The zero-order chi connectivity index (χ0) is 9.22. The summed E-state index contributed by atoms with van der Waals surface area (Å²) in [5.74, 6) is 1.46. The molecule has 0 spiro atoms. The van der Waals surface area contributed by atoms with Gasteiger partial charge in [0.15, 0.2) is 6.29 Å². The van der Waals surface area contributed by atoms with Crippen LogP contribution in [0.1, 0.15) is 20.3 Å². The van der Waals surface area contributed by atoms with Crippen LogP contribution in [0.15, 0.2) is 0 Å². The maximum Gasteiger partial charge on any atom is 0.161 e. The van der Waals surface area contributed by atoms with Crippen LogP contribution in [0.3, 0.4) is 0 Å². The Balaban J connectivity index is 2.02. The maximum absolute atomic E-state index is 9.92. The molecule has 3 heteroatoms. The van der Waals surface area contributed by atoms with E-state index in [0.717, 1.165) is 13.0 Å². The van der Waals surface area contributed by atoms with E-state index in [2.05, 4.69) is 6.92 Å². The minimum Gasteiger partial charge on any atom is -0.390 e. The monoisotopic (exact) mass is 184 g/mol. The molecule has 3 heterocycles. The molecule has 0 aromatic carbocycles. The first-order valence-electron chi connectivity index (χ1n) is 5.10. The molecule has 1 N–H and O–H groups in total. The van der Waals surface area contributed by atoms with Crippen LogP contribution in [0.5, 0.6) is 0 Å². The van der Waals surface area contributed by atoms with Crippen molar-refractivity contribution in [2.24, 2.45) is 17.8 Å². The average molecular weight is 184 g/mol. The molecule has 1 aliphatic carbocycles. The van der Waals surface area contributed by atoms with Crippen molar-refractivity contribution in [2.45, 2.75) is 38.3 Å². The van der Waals surface area contributed by atoms with E-state index in [0.29, 0.717) is 17.8 Å². The van der Waals surface area contributed by atoms with E-state index in [1.54, 1.807) is 0 Å². The fourth-order valence-electron chi connectivity index (χ4n) is 3.31. The Labute approximate surface area is 78.0 Å². The number of aliphatic hydroxyl groups is 1. The van der Waals surface area contributed by atoms with Crippen molar-refractivity contribution in [1.29, 1.82) is 0 Å². The second kappa shape index (κ2) is 2.27. The third kappa shape index (κ3) is 0.808. The zero-order valence-electron chi connectivity index (χ0n) is 8.06. The fourth-order valence-corrected chi connectivity index (χ4v) is 3.31. The first kappa shape index (κ1) is 8.21. The molecular weight excluding hydrogens is 168 g/mol. The van der Waals surface area contributed by atoms with Crippen LogP contribution in [0.2, 0.25) is 0 Å². The van der Waals surface area contributed by atoms with Crippen molar-refractivity contribution in [2.75, 3.05) is 6.61 Å². The quantitative estimate of drug-likeness (QED) is 0.604. The van der Waals surface area contributed by atoms with Crippen LogP contribution in [-0.4, -0.2) is 29.7 Å². The van der Waals surface area contributed by atoms with Gasteiger partial charge in [0.25, 0.3) is 0 Å². The Kier molecular flexibility index (Phi) is 1.43. The van der Waals surface area contributed by atoms with Gasteiger partial charge in [-0.3, -0.25) is 0 Å². The largest absolute Gasteiger partial charge is 0.390 e. The van der Waals surface area contributed by atoms with Gasteiger partial charge in [-0.2, -0.15) is 0 Å². The van der Waals surface area contributed by atoms with Crippen LogP contribution in [0, 0.1) is 17.8 Å². The van der Waals surface area contributed by atoms with E-state index in [4.69, 9.17) is 9.47 Å². The van der Waals surface area contributed by atoms with Gasteiger partial charge in [-0.05, 0) is 19.3 Å². The molecule has 4 fully saturated rings. The summed E-state index contributed by atoms with van der Waals surface area (Å²) in [6.07, 6.45) is 0.526. The van der Waals surface area contributed by atoms with Crippen LogP contribution >= 0.6 is 0 Å². The molecule has 6 atom stereocenters. The Bertz CT molecular complexity index is 242. The second-order valence-electron chi connectivity index (χ2n) is 4.88. The van der Waals surface area contributed by atoms with E-state index < -0.39 is 0 Å². The minimum absolute atomic E-state index is 0.0721. The molecule has 4 aliphatic rings. The van der Waals surface area contributed by atoms with Crippen molar-refractivity contribution < 1.29 is 14.6 Å². The van der Waals surface area contributed by atoms with Gasteiger partial charge in [-0.15, -0.1) is 0 Å². The summed E-state index contributed by atoms with van der Waals surface area (Å²) in [4.78, 5) is 0. The summed E-state index contributed by atoms with van der Waals surface area (Å²) in [6, 6.07) is 0. The molecule has 3 nitrogen and oxygen atoms in total. The maximum atomic E-state index is 9.92. The van der Waals surface area contributed by atoms with E-state index in [-0.39, 0.29) is 18.0 Å². The molecule has 74 valence electrons. The zero-order valence-corrected chi connectivity index (χ0v) is 8.06. The minimum atomic E-state index is -0.319. The third-order valence-corrected chi connectivity index (χ3v) is 4.32. The highest BCUT2D eigenvalue weighted by atomic mass is 16.7. The summed E-state index contributed by atoms with van der Waals surface area (Å²) in [5, 5.41) is 9.92. The Morgan fingerprint density at radius 3 is 2.92 bits per heavy atom. The summed E-state index contributed by atoms with van der Waals surface area (Å²) >= 11 is 0. The van der Waals surface area contributed by atoms with Gasteiger partial charge in [0.05, 0.1) is 18.3 Å². The molecule has 0 amide bonds. The first-order chi connectivity index (χ1) is 6.13. The smallest absolute Gasteiger partial charge is 0.161 e. The molecule has 4 rings (SSSR count). The molecule has 0 aromatic heterocycles. The van der Waals surface area contributed by atoms with Crippen molar-refractivity contribution in [3.63, 3.8) is 0 Å². The molecule has 0 radical (unpaired) electrons. The van der Waals surface area contributed by atoms with Gasteiger partial charge in [0, 0.05) is 11.8 Å². The number of rotatable bonds is 0. The predicted molar refractivity (Wildman–Crippen MR) is 46.0 cm³/mol. The van der Waals surface area contributed by atoms with Crippen molar-refractivity contribution in [3.05, 3.63) is 0 Å². The highest BCUT2D eigenvalue weighted by molar-refractivity contribution is 5.08. The van der Waals surface area contributed by atoms with Crippen molar-refractivity contribution in [3.8, 4) is 0 Å². The van der Waals surface area contributed by atoms with Crippen LogP contribution < -0.4 is 0 Å². The predicted octanol–water partition coefficient (Wildman–Crippen LogP) is 0.765. The topological polar surface area (TPSA) is 38.7 Å². The standard InChI is InChI=1S/C10H16O3/c1-5-6-3-8(11)10(2)7(6)4-12-9(5)13-10/h5-9,11H,3-4H2,1-2H3/t5?,6?,7?,8-,9?,10?/m0/s1. The van der Waals surface area contributed by atoms with E-state index in [1.807, 2.05) is 6.92 Å². The summed E-state index contributed by atoms with van der Waals surface area (Å²) in [5.41, 5.74) is -0.319. The summed E-state index contributed by atoms with van der Waals surface area (Å²) < 4.78 is 11.4. The lowest BCUT2D eigenvalue weighted by atomic mass is 9.76. The molecule has 4 bridgehead atoms. The molecule has 1 saturated carbocycles. The Hall–Kier alpha value is -0.120. The lowest BCUT2D eigenvalue weighted by Gasteiger charge is -2.51. The Morgan fingerprint density at radius 1 is 1.46 bits per heavy atom. The van der Waals surface area contributed by atoms with Gasteiger partial charge in [0.2, 0.25) is 0 Å². The summed E-state index contributed by atoms with van der Waals surface area (Å²) in [7, 11) is 0. The molecule has 13 heavy (non-hydrogen) atoms. The summed E-state index contributed by atoms with van der Waals surface area (Å²) in [6.45, 7) is 4.97. The molecule has 5 unspecified atom stereocenters. The Morgan fingerprint density at radius 2 is 2.23 bits per heavy atom. The molecular formula is C10H16O3. The van der Waals surface area contributed by atoms with Crippen LogP contribution in [-0.2, 0) is 9.47 Å². The first-order valence-corrected chi connectivity index (χ1v) is 5.10. The number of hydrogen-bond donors (Lipinski definition) is 1. The third-order valence-electron chi connectivity index (χ3n) is 4.32. The van der Waals surface area contributed by atoms with Gasteiger partial charge in [0.1, 0.15) is 0 Å². The lowest BCUT2D eigenvalue weighted by Crippen LogP contribution is -2.59. The fraction of sp³-hybridized carbons (Fsp3) is 1.00. The molecule has 3 saturated heterocycles. The lowest BCUT2D eigenvalue weighted by molar-refractivity contribution is -0.337. The van der Waals surface area contributed by atoms with Gasteiger partial charge >= 0.3 is 0 Å².